The summed E-state index contributed by atoms with van der Waals surface area (Å²) in [7, 11) is 0. The lowest BCUT2D eigenvalue weighted by Gasteiger charge is -2.24. The van der Waals surface area contributed by atoms with Crippen LogP contribution in [-0.2, 0) is 0 Å². The molecule has 16 heavy (non-hydrogen) atoms. The smallest absolute Gasteiger partial charge is 0.0345 e. The molecule has 0 spiro atoms. The fourth-order valence-corrected chi connectivity index (χ4v) is 1.50. The van der Waals surface area contributed by atoms with E-state index in [1.807, 2.05) is 0 Å². The van der Waals surface area contributed by atoms with E-state index in [2.05, 4.69) is 76.4 Å². The van der Waals surface area contributed by atoms with Crippen LogP contribution in [0.1, 0.15) is 41.5 Å². The number of hydrogen-bond donors (Lipinski definition) is 2. The number of hydrogen-bond acceptors (Lipinski definition) is 2. The molecule has 2 heteroatoms. The van der Waals surface area contributed by atoms with E-state index in [1.54, 1.807) is 0 Å². The van der Waals surface area contributed by atoms with E-state index < -0.39 is 0 Å². The van der Waals surface area contributed by atoms with Crippen LogP contribution in [0, 0.1) is 0 Å². The van der Waals surface area contributed by atoms with E-state index in [0.29, 0.717) is 0 Å². The van der Waals surface area contributed by atoms with Gasteiger partial charge in [-0.3, -0.25) is 0 Å². The molecule has 0 amide bonds. The molecule has 0 aliphatic heterocycles. The lowest BCUT2D eigenvalue weighted by Crippen LogP contribution is -2.27. The molecular formula is C14H24N2. The second kappa shape index (κ2) is 4.36. The summed E-state index contributed by atoms with van der Waals surface area (Å²) in [6.45, 7) is 13.0. The van der Waals surface area contributed by atoms with Gasteiger partial charge < -0.3 is 10.6 Å². The van der Waals surface area contributed by atoms with E-state index in [0.717, 1.165) is 11.4 Å². The molecule has 0 saturated carbocycles. The van der Waals surface area contributed by atoms with E-state index >= 15 is 0 Å². The van der Waals surface area contributed by atoms with Crippen molar-refractivity contribution in [3.63, 3.8) is 0 Å². The van der Waals surface area contributed by atoms with Crippen molar-refractivity contribution in [3.8, 4) is 0 Å². The van der Waals surface area contributed by atoms with Gasteiger partial charge in [0.25, 0.3) is 0 Å². The molecule has 2 N–H and O–H groups in total. The summed E-state index contributed by atoms with van der Waals surface area (Å²) >= 11 is 0. The molecule has 0 aliphatic carbocycles. The Hall–Kier alpha value is -1.18. The fraction of sp³-hybridized carbons (Fsp3) is 0.571. The third kappa shape index (κ3) is 5.06. The highest BCUT2D eigenvalue weighted by molar-refractivity contribution is 5.55. The second-order valence-electron chi connectivity index (χ2n) is 6.33. The second-order valence-corrected chi connectivity index (χ2v) is 6.33. The van der Waals surface area contributed by atoms with Crippen molar-refractivity contribution in [2.75, 3.05) is 10.6 Å². The molecule has 1 rings (SSSR count). The van der Waals surface area contributed by atoms with Gasteiger partial charge in [0, 0.05) is 22.5 Å². The van der Waals surface area contributed by atoms with E-state index in [-0.39, 0.29) is 11.1 Å². The number of benzene rings is 1. The highest BCUT2D eigenvalue weighted by atomic mass is 15.0. The van der Waals surface area contributed by atoms with Gasteiger partial charge in [0.1, 0.15) is 0 Å². The highest BCUT2D eigenvalue weighted by Gasteiger charge is 2.10. The van der Waals surface area contributed by atoms with Crippen LogP contribution in [0.4, 0.5) is 11.4 Å². The maximum atomic E-state index is 3.44. The van der Waals surface area contributed by atoms with Crippen molar-refractivity contribution in [2.24, 2.45) is 0 Å². The lowest BCUT2D eigenvalue weighted by molar-refractivity contribution is 0.631. The number of anilines is 2. The maximum Gasteiger partial charge on any atom is 0.0345 e. The van der Waals surface area contributed by atoms with Crippen LogP contribution >= 0.6 is 0 Å². The zero-order valence-electron chi connectivity index (χ0n) is 11.3. The van der Waals surface area contributed by atoms with Gasteiger partial charge in [-0.1, -0.05) is 0 Å². The Balaban J connectivity index is 2.69. The molecular weight excluding hydrogens is 196 g/mol. The Morgan fingerprint density at radius 3 is 1.06 bits per heavy atom. The molecule has 0 fully saturated rings. The summed E-state index contributed by atoms with van der Waals surface area (Å²) in [5.41, 5.74) is 2.54. The van der Waals surface area contributed by atoms with Crippen LogP contribution in [0.3, 0.4) is 0 Å². The van der Waals surface area contributed by atoms with Crippen molar-refractivity contribution in [3.05, 3.63) is 24.3 Å². The predicted octanol–water partition coefficient (Wildman–Crippen LogP) is 4.11. The molecule has 0 atom stereocenters. The summed E-state index contributed by atoms with van der Waals surface area (Å²) in [6.07, 6.45) is 0. The quantitative estimate of drug-likeness (QED) is 0.784. The van der Waals surface area contributed by atoms with Gasteiger partial charge in [-0.05, 0) is 65.8 Å². The first-order valence-corrected chi connectivity index (χ1v) is 5.82. The van der Waals surface area contributed by atoms with Gasteiger partial charge in [-0.25, -0.2) is 0 Å². The summed E-state index contributed by atoms with van der Waals surface area (Å²) in [6, 6.07) is 8.44. The molecule has 0 saturated heterocycles. The molecule has 0 bridgehead atoms. The summed E-state index contributed by atoms with van der Waals surface area (Å²) in [4.78, 5) is 0. The van der Waals surface area contributed by atoms with Crippen molar-refractivity contribution < 1.29 is 0 Å². The minimum atomic E-state index is 0.110. The Morgan fingerprint density at radius 2 is 0.875 bits per heavy atom. The van der Waals surface area contributed by atoms with Gasteiger partial charge in [-0.2, -0.15) is 0 Å². The maximum absolute atomic E-state index is 3.44. The fourth-order valence-electron chi connectivity index (χ4n) is 1.50. The van der Waals surface area contributed by atoms with Crippen molar-refractivity contribution in [2.45, 2.75) is 52.6 Å². The SMILES string of the molecule is CC(C)(C)Nc1ccc(NC(C)(C)C)cc1. The summed E-state index contributed by atoms with van der Waals surface area (Å²) < 4.78 is 0. The lowest BCUT2D eigenvalue weighted by atomic mass is 10.1. The Kier molecular flexibility index (Phi) is 3.51. The standard InChI is InChI=1S/C14H24N2/c1-13(2,3)15-11-7-9-12(10-8-11)16-14(4,5)6/h7-10,15-16H,1-6H3. The molecule has 2 nitrogen and oxygen atoms in total. The average molecular weight is 220 g/mol. The normalized spacial score (nSPS) is 12.4. The van der Waals surface area contributed by atoms with Crippen molar-refractivity contribution >= 4 is 11.4 Å². The van der Waals surface area contributed by atoms with Gasteiger partial charge in [0.2, 0.25) is 0 Å². The third-order valence-electron chi connectivity index (χ3n) is 1.92. The van der Waals surface area contributed by atoms with Crippen LogP contribution < -0.4 is 10.6 Å². The van der Waals surface area contributed by atoms with E-state index in [1.165, 1.54) is 0 Å². The van der Waals surface area contributed by atoms with Crippen LogP contribution in [0.5, 0.6) is 0 Å². The first-order valence-electron chi connectivity index (χ1n) is 5.82. The third-order valence-corrected chi connectivity index (χ3v) is 1.92. The van der Waals surface area contributed by atoms with Crippen LogP contribution in [0.25, 0.3) is 0 Å². The molecule has 90 valence electrons. The first-order chi connectivity index (χ1) is 7.16. The minimum Gasteiger partial charge on any atom is -0.380 e. The predicted molar refractivity (Wildman–Crippen MR) is 73.2 cm³/mol. The number of nitrogens with one attached hydrogen (secondary N) is 2. The molecule has 0 radical (unpaired) electrons. The van der Waals surface area contributed by atoms with Crippen LogP contribution in [-0.4, -0.2) is 11.1 Å². The van der Waals surface area contributed by atoms with Crippen molar-refractivity contribution in [1.82, 2.24) is 0 Å². The van der Waals surface area contributed by atoms with Gasteiger partial charge in [0.15, 0.2) is 0 Å². The van der Waals surface area contributed by atoms with E-state index in [9.17, 15) is 0 Å². The minimum absolute atomic E-state index is 0.110. The summed E-state index contributed by atoms with van der Waals surface area (Å²) in [5, 5.41) is 6.89. The monoisotopic (exact) mass is 220 g/mol. The topological polar surface area (TPSA) is 24.1 Å². The molecule has 0 heterocycles. The zero-order chi connectivity index (χ0) is 12.4. The van der Waals surface area contributed by atoms with Gasteiger partial charge in [0.05, 0.1) is 0 Å². The Labute approximate surface area is 99.5 Å². The molecule has 1 aromatic carbocycles. The molecule has 0 aromatic heterocycles. The molecule has 1 aromatic rings. The highest BCUT2D eigenvalue weighted by Crippen LogP contribution is 2.19. The van der Waals surface area contributed by atoms with Crippen LogP contribution in [0.15, 0.2) is 24.3 Å². The Morgan fingerprint density at radius 1 is 0.625 bits per heavy atom. The average Bonchev–Trinajstić information content (AvgIpc) is 2.03. The zero-order valence-corrected chi connectivity index (χ0v) is 11.3. The van der Waals surface area contributed by atoms with Gasteiger partial charge in [-0.15, -0.1) is 0 Å². The van der Waals surface area contributed by atoms with Gasteiger partial charge >= 0.3 is 0 Å². The first kappa shape index (κ1) is 12.9. The molecule has 0 unspecified atom stereocenters. The number of rotatable bonds is 2. The Bertz CT molecular complexity index is 290. The molecule has 0 aliphatic rings. The van der Waals surface area contributed by atoms with Crippen LogP contribution in [0.2, 0.25) is 0 Å². The largest absolute Gasteiger partial charge is 0.380 e. The van der Waals surface area contributed by atoms with E-state index in [4.69, 9.17) is 0 Å². The van der Waals surface area contributed by atoms with Crippen molar-refractivity contribution in [1.29, 1.82) is 0 Å². The summed E-state index contributed by atoms with van der Waals surface area (Å²) in [5.74, 6) is 0.